The third-order valence-corrected chi connectivity index (χ3v) is 5.76. The lowest BCUT2D eigenvalue weighted by atomic mass is 9.87. The SMILES string of the molecule is C=CCn1c(SCC(=O)NNC(=O)c2ccc(F)cc2)nnc1-c1ccc(C(C)(C)C)cc1. The molecule has 3 rings (SSSR count). The zero-order valence-electron chi connectivity index (χ0n) is 18.8. The van der Waals surface area contributed by atoms with Crippen LogP contribution in [0.2, 0.25) is 0 Å². The average molecular weight is 468 g/mol. The fourth-order valence-electron chi connectivity index (χ4n) is 2.99. The number of amides is 2. The molecule has 9 heteroatoms. The number of carbonyl (C=O) groups is 2. The molecular formula is C24H26FN5O2S. The maximum Gasteiger partial charge on any atom is 0.269 e. The van der Waals surface area contributed by atoms with Gasteiger partial charge in [-0.3, -0.25) is 25.0 Å². The van der Waals surface area contributed by atoms with Gasteiger partial charge < -0.3 is 0 Å². The van der Waals surface area contributed by atoms with E-state index in [9.17, 15) is 14.0 Å². The molecule has 0 atom stereocenters. The first-order chi connectivity index (χ1) is 15.7. The first kappa shape index (κ1) is 24.2. The van der Waals surface area contributed by atoms with Crippen molar-refractivity contribution in [3.05, 3.63) is 78.1 Å². The lowest BCUT2D eigenvalue weighted by molar-refractivity contribution is -0.119. The molecule has 0 saturated heterocycles. The van der Waals surface area contributed by atoms with Crippen LogP contribution >= 0.6 is 11.8 Å². The van der Waals surface area contributed by atoms with Gasteiger partial charge in [0.05, 0.1) is 5.75 Å². The van der Waals surface area contributed by atoms with Gasteiger partial charge in [0.2, 0.25) is 5.91 Å². The molecule has 0 aliphatic heterocycles. The van der Waals surface area contributed by atoms with Gasteiger partial charge in [0.1, 0.15) is 5.82 Å². The summed E-state index contributed by atoms with van der Waals surface area (Å²) in [4.78, 5) is 24.2. The summed E-state index contributed by atoms with van der Waals surface area (Å²) < 4.78 is 14.8. The Kier molecular flexibility index (Phi) is 7.65. The van der Waals surface area contributed by atoms with Gasteiger partial charge in [-0.2, -0.15) is 0 Å². The molecule has 33 heavy (non-hydrogen) atoms. The highest BCUT2D eigenvalue weighted by Gasteiger charge is 2.17. The molecule has 0 unspecified atom stereocenters. The van der Waals surface area contributed by atoms with E-state index in [1.807, 2.05) is 16.7 Å². The molecule has 0 spiro atoms. The lowest BCUT2D eigenvalue weighted by Gasteiger charge is -2.19. The zero-order valence-corrected chi connectivity index (χ0v) is 19.6. The Labute approximate surface area is 196 Å². The molecule has 2 N–H and O–H groups in total. The van der Waals surface area contributed by atoms with Crippen LogP contribution in [0.25, 0.3) is 11.4 Å². The second-order valence-corrected chi connectivity index (χ2v) is 9.27. The lowest BCUT2D eigenvalue weighted by Crippen LogP contribution is -2.42. The van der Waals surface area contributed by atoms with Crippen LogP contribution < -0.4 is 10.9 Å². The van der Waals surface area contributed by atoms with Crippen LogP contribution in [0, 0.1) is 5.82 Å². The number of thioether (sulfide) groups is 1. The van der Waals surface area contributed by atoms with Crippen molar-refractivity contribution in [3.8, 4) is 11.4 Å². The Balaban J connectivity index is 1.63. The summed E-state index contributed by atoms with van der Waals surface area (Å²) in [5.74, 6) is -0.700. The predicted molar refractivity (Wildman–Crippen MR) is 127 cm³/mol. The van der Waals surface area contributed by atoms with E-state index < -0.39 is 17.6 Å². The highest BCUT2D eigenvalue weighted by atomic mass is 32.2. The summed E-state index contributed by atoms with van der Waals surface area (Å²) >= 11 is 1.20. The second-order valence-electron chi connectivity index (χ2n) is 8.33. The number of rotatable bonds is 7. The standard InChI is InChI=1S/C24H26FN5O2S/c1-5-14-30-21(16-6-10-18(11-7-16)24(2,3)4)27-29-23(30)33-15-20(31)26-28-22(32)17-8-12-19(25)13-9-17/h5-13H,1,14-15H2,2-4H3,(H,26,31)(H,28,32). The third-order valence-electron chi connectivity index (χ3n) is 4.79. The van der Waals surface area contributed by atoms with Gasteiger partial charge in [0.15, 0.2) is 11.0 Å². The molecule has 172 valence electrons. The normalized spacial score (nSPS) is 11.2. The maximum atomic E-state index is 13.0. The number of benzene rings is 2. The summed E-state index contributed by atoms with van der Waals surface area (Å²) in [6.45, 7) is 10.8. The van der Waals surface area contributed by atoms with E-state index in [2.05, 4.69) is 60.5 Å². The molecule has 1 aromatic heterocycles. The Morgan fingerprint density at radius 2 is 1.73 bits per heavy atom. The molecule has 0 aliphatic carbocycles. The molecule has 3 aromatic rings. The summed E-state index contributed by atoms with van der Waals surface area (Å²) in [6, 6.07) is 13.2. The quantitative estimate of drug-likeness (QED) is 0.310. The van der Waals surface area contributed by atoms with Crippen LogP contribution in [-0.4, -0.2) is 32.3 Å². The van der Waals surface area contributed by atoms with Crippen LogP contribution in [-0.2, 0) is 16.8 Å². The molecular weight excluding hydrogens is 441 g/mol. The van der Waals surface area contributed by atoms with Crippen molar-refractivity contribution < 1.29 is 14.0 Å². The van der Waals surface area contributed by atoms with Gasteiger partial charge in [0, 0.05) is 17.7 Å². The van der Waals surface area contributed by atoms with E-state index >= 15 is 0 Å². The highest BCUT2D eigenvalue weighted by Crippen LogP contribution is 2.27. The van der Waals surface area contributed by atoms with E-state index in [4.69, 9.17) is 0 Å². The summed E-state index contributed by atoms with van der Waals surface area (Å²) in [7, 11) is 0. The van der Waals surface area contributed by atoms with Crippen LogP contribution in [0.1, 0.15) is 36.7 Å². The van der Waals surface area contributed by atoms with E-state index in [1.54, 1.807) is 6.08 Å². The van der Waals surface area contributed by atoms with Gasteiger partial charge in [-0.1, -0.05) is 62.9 Å². The van der Waals surface area contributed by atoms with Crippen molar-refractivity contribution >= 4 is 23.6 Å². The Bertz CT molecular complexity index is 1140. The Hall–Kier alpha value is -3.46. The molecule has 1 heterocycles. The van der Waals surface area contributed by atoms with Crippen LogP contribution in [0.5, 0.6) is 0 Å². The topological polar surface area (TPSA) is 88.9 Å². The van der Waals surface area contributed by atoms with Crippen molar-refractivity contribution in [2.75, 3.05) is 5.75 Å². The van der Waals surface area contributed by atoms with Gasteiger partial charge >= 0.3 is 0 Å². The van der Waals surface area contributed by atoms with Crippen LogP contribution in [0.15, 0.2) is 66.3 Å². The number of nitrogens with zero attached hydrogens (tertiary/aromatic N) is 3. The molecule has 0 aliphatic rings. The molecule has 0 bridgehead atoms. The van der Waals surface area contributed by atoms with Crippen molar-refractivity contribution in [1.29, 1.82) is 0 Å². The second kappa shape index (κ2) is 10.4. The van der Waals surface area contributed by atoms with Crippen molar-refractivity contribution in [3.63, 3.8) is 0 Å². The number of halogens is 1. The van der Waals surface area contributed by atoms with Gasteiger partial charge in [-0.15, -0.1) is 16.8 Å². The molecule has 2 aromatic carbocycles. The van der Waals surface area contributed by atoms with E-state index in [-0.39, 0.29) is 16.7 Å². The smallest absolute Gasteiger partial charge is 0.269 e. The first-order valence-corrected chi connectivity index (χ1v) is 11.3. The molecule has 7 nitrogen and oxygen atoms in total. The summed E-state index contributed by atoms with van der Waals surface area (Å²) in [6.07, 6.45) is 1.74. The minimum Gasteiger partial charge on any atom is -0.298 e. The number of hydrogen-bond acceptors (Lipinski definition) is 5. The van der Waals surface area contributed by atoms with Crippen LogP contribution in [0.3, 0.4) is 0 Å². The zero-order chi connectivity index (χ0) is 24.0. The number of carbonyl (C=O) groups excluding carboxylic acids is 2. The minimum absolute atomic E-state index is 0.0158. The van der Waals surface area contributed by atoms with Gasteiger partial charge in [-0.05, 0) is 35.2 Å². The molecule has 0 fully saturated rings. The summed E-state index contributed by atoms with van der Waals surface area (Å²) in [5, 5.41) is 9.10. The Morgan fingerprint density at radius 1 is 1.06 bits per heavy atom. The molecule has 0 radical (unpaired) electrons. The van der Waals surface area contributed by atoms with Gasteiger partial charge in [-0.25, -0.2) is 4.39 Å². The molecule has 0 saturated carbocycles. The number of allylic oxidation sites excluding steroid dienone is 1. The fraction of sp³-hybridized carbons (Fsp3) is 0.250. The maximum absolute atomic E-state index is 13.0. The van der Waals surface area contributed by atoms with E-state index in [1.165, 1.54) is 41.6 Å². The number of aromatic nitrogens is 3. The minimum atomic E-state index is -0.538. The highest BCUT2D eigenvalue weighted by molar-refractivity contribution is 7.99. The predicted octanol–water partition coefficient (Wildman–Crippen LogP) is 4.12. The van der Waals surface area contributed by atoms with Crippen LogP contribution in [0.4, 0.5) is 4.39 Å². The number of hydrogen-bond donors (Lipinski definition) is 2. The number of nitrogens with one attached hydrogen (secondary N) is 2. The monoisotopic (exact) mass is 467 g/mol. The van der Waals surface area contributed by atoms with Gasteiger partial charge in [0.25, 0.3) is 5.91 Å². The molecule has 2 amide bonds. The van der Waals surface area contributed by atoms with E-state index in [0.717, 1.165) is 5.56 Å². The van der Waals surface area contributed by atoms with Crippen molar-refractivity contribution in [1.82, 2.24) is 25.6 Å². The van der Waals surface area contributed by atoms with Crippen molar-refractivity contribution in [2.45, 2.75) is 37.9 Å². The largest absolute Gasteiger partial charge is 0.298 e. The fourth-order valence-corrected chi connectivity index (χ4v) is 3.74. The first-order valence-electron chi connectivity index (χ1n) is 10.3. The van der Waals surface area contributed by atoms with Crippen molar-refractivity contribution in [2.24, 2.45) is 0 Å². The number of hydrazine groups is 1. The van der Waals surface area contributed by atoms with E-state index in [0.29, 0.717) is 17.5 Å². The third kappa shape index (κ3) is 6.29. The summed E-state index contributed by atoms with van der Waals surface area (Å²) in [5.41, 5.74) is 7.07. The Morgan fingerprint density at radius 3 is 2.33 bits per heavy atom. The average Bonchev–Trinajstić information content (AvgIpc) is 3.19.